The summed E-state index contributed by atoms with van der Waals surface area (Å²) in [6.45, 7) is 16.4. The van der Waals surface area contributed by atoms with Crippen molar-refractivity contribution in [3.63, 3.8) is 0 Å². The van der Waals surface area contributed by atoms with Gasteiger partial charge in [-0.3, -0.25) is 9.69 Å². The number of carbonyl (C=O) groups excluding carboxylic acids is 3. The van der Waals surface area contributed by atoms with Crippen LogP contribution in [0.2, 0.25) is 0 Å². The van der Waals surface area contributed by atoms with Crippen LogP contribution in [0.4, 0.5) is 9.59 Å². The van der Waals surface area contributed by atoms with E-state index in [9.17, 15) is 14.4 Å². The second kappa shape index (κ2) is 13.8. The van der Waals surface area contributed by atoms with Gasteiger partial charge in [-0.15, -0.1) is 0 Å². The number of hydrogen-bond donors (Lipinski definition) is 2. The van der Waals surface area contributed by atoms with Crippen LogP contribution in [0, 0.1) is 12.3 Å². The molecule has 0 aliphatic carbocycles. The Kier molecular flexibility index (Phi) is 10.1. The number of carbonyl (C=O) groups is 3. The van der Waals surface area contributed by atoms with Crippen molar-refractivity contribution < 1.29 is 28.6 Å². The highest BCUT2D eigenvalue weighted by atomic mass is 79.9. The highest BCUT2D eigenvalue weighted by molar-refractivity contribution is 9.10. The topological polar surface area (TPSA) is 126 Å². The van der Waals surface area contributed by atoms with Crippen LogP contribution in [-0.4, -0.2) is 68.8 Å². The number of imidazole rings is 1. The normalized spacial score (nSPS) is 18.4. The number of H-pyrrole nitrogens is 1. The number of aromatic amines is 1. The van der Waals surface area contributed by atoms with E-state index in [4.69, 9.17) is 14.2 Å². The van der Waals surface area contributed by atoms with E-state index in [1.54, 1.807) is 36.8 Å². The van der Waals surface area contributed by atoms with E-state index in [0.29, 0.717) is 31.9 Å². The quantitative estimate of drug-likeness (QED) is 0.262. The van der Waals surface area contributed by atoms with Crippen LogP contribution in [-0.2, 0) is 27.4 Å². The van der Waals surface area contributed by atoms with Crippen molar-refractivity contribution in [3.8, 4) is 17.0 Å². The lowest BCUT2D eigenvalue weighted by Gasteiger charge is -2.35. The van der Waals surface area contributed by atoms with E-state index in [-0.39, 0.29) is 12.5 Å². The lowest BCUT2D eigenvalue weighted by atomic mass is 9.85. The number of amides is 3. The first-order chi connectivity index (χ1) is 22.5. The lowest BCUT2D eigenvalue weighted by Crippen LogP contribution is -2.55. The van der Waals surface area contributed by atoms with E-state index in [2.05, 4.69) is 31.2 Å². The molecule has 258 valence electrons. The van der Waals surface area contributed by atoms with Crippen LogP contribution in [0.1, 0.15) is 83.4 Å². The summed E-state index contributed by atoms with van der Waals surface area (Å²) in [5, 5.41) is 2.81. The third kappa shape index (κ3) is 7.97. The SMILES string of the molecule is CCOc1c(C)ccc2c1CN(C(=O)O[C@@H]1C[C@@H](c3ncc(-c4ccc(Br)cc4)[nH]3)N(C(=O)[C@@H](NC(=O)OC(C)(C)C)C(C)(C)C)C1)C2. The highest BCUT2D eigenvalue weighted by Gasteiger charge is 2.46. The number of likely N-dealkylation sites (tertiary alicyclic amines) is 1. The largest absolute Gasteiger partial charge is 0.493 e. The Labute approximate surface area is 290 Å². The van der Waals surface area contributed by atoms with Gasteiger partial charge in [0, 0.05) is 23.0 Å². The van der Waals surface area contributed by atoms with Crippen LogP contribution < -0.4 is 10.1 Å². The Morgan fingerprint density at radius 2 is 1.77 bits per heavy atom. The molecule has 1 fully saturated rings. The van der Waals surface area contributed by atoms with Crippen LogP contribution in [0.3, 0.4) is 0 Å². The summed E-state index contributed by atoms with van der Waals surface area (Å²) in [7, 11) is 0. The molecule has 11 nitrogen and oxygen atoms in total. The number of nitrogens with zero attached hydrogens (tertiary/aromatic N) is 3. The minimum atomic E-state index is -0.918. The van der Waals surface area contributed by atoms with E-state index < -0.39 is 41.4 Å². The molecule has 0 saturated carbocycles. The number of ether oxygens (including phenoxy) is 3. The fourth-order valence-corrected chi connectivity index (χ4v) is 6.42. The van der Waals surface area contributed by atoms with Crippen LogP contribution >= 0.6 is 15.9 Å². The van der Waals surface area contributed by atoms with E-state index in [1.165, 1.54) is 0 Å². The third-order valence-electron chi connectivity index (χ3n) is 8.47. The van der Waals surface area contributed by atoms with Gasteiger partial charge in [0.15, 0.2) is 0 Å². The first kappa shape index (κ1) is 35.3. The van der Waals surface area contributed by atoms with Crippen molar-refractivity contribution in [2.45, 2.75) is 98.7 Å². The van der Waals surface area contributed by atoms with Crippen molar-refractivity contribution in [3.05, 3.63) is 69.6 Å². The predicted octanol–water partition coefficient (Wildman–Crippen LogP) is 7.28. The molecule has 0 spiro atoms. The zero-order chi connectivity index (χ0) is 35.0. The number of alkyl carbamates (subject to hydrolysis) is 1. The summed E-state index contributed by atoms with van der Waals surface area (Å²) in [4.78, 5) is 52.3. The molecule has 2 aromatic carbocycles. The molecular formula is C36H46BrN5O6. The summed E-state index contributed by atoms with van der Waals surface area (Å²) >= 11 is 3.48. The number of hydrogen-bond acceptors (Lipinski definition) is 7. The summed E-state index contributed by atoms with van der Waals surface area (Å²) in [6, 6.07) is 10.4. The smallest absolute Gasteiger partial charge is 0.410 e. The Morgan fingerprint density at radius 3 is 2.42 bits per heavy atom. The van der Waals surface area contributed by atoms with Crippen molar-refractivity contribution in [2.24, 2.45) is 5.41 Å². The Hall–Kier alpha value is -4.06. The summed E-state index contributed by atoms with van der Waals surface area (Å²) < 4.78 is 18.5. The van der Waals surface area contributed by atoms with Crippen molar-refractivity contribution in [1.82, 2.24) is 25.1 Å². The molecule has 3 aromatic rings. The van der Waals surface area contributed by atoms with E-state index >= 15 is 0 Å². The average Bonchev–Trinajstić information content (AvgIpc) is 3.75. The second-order valence-electron chi connectivity index (χ2n) is 14.5. The molecule has 1 aromatic heterocycles. The number of benzene rings is 2. The van der Waals surface area contributed by atoms with Gasteiger partial charge in [0.2, 0.25) is 5.91 Å². The predicted molar refractivity (Wildman–Crippen MR) is 185 cm³/mol. The second-order valence-corrected chi connectivity index (χ2v) is 15.4. The van der Waals surface area contributed by atoms with Crippen LogP contribution in [0.25, 0.3) is 11.3 Å². The lowest BCUT2D eigenvalue weighted by molar-refractivity contribution is -0.137. The average molecular weight is 725 g/mol. The van der Waals surface area contributed by atoms with Gasteiger partial charge in [-0.25, -0.2) is 14.6 Å². The van der Waals surface area contributed by atoms with Gasteiger partial charge in [-0.1, -0.05) is 61.0 Å². The molecule has 3 amide bonds. The zero-order valence-electron chi connectivity index (χ0n) is 29.0. The van der Waals surface area contributed by atoms with E-state index in [1.807, 2.05) is 71.0 Å². The number of halogens is 1. The zero-order valence-corrected chi connectivity index (χ0v) is 30.6. The van der Waals surface area contributed by atoms with Gasteiger partial charge in [-0.2, -0.15) is 0 Å². The number of nitrogens with one attached hydrogen (secondary N) is 2. The molecule has 0 bridgehead atoms. The van der Waals surface area contributed by atoms with Gasteiger partial charge in [0.1, 0.15) is 29.3 Å². The van der Waals surface area contributed by atoms with Gasteiger partial charge in [0.25, 0.3) is 0 Å². The molecule has 3 atom stereocenters. The highest BCUT2D eigenvalue weighted by Crippen LogP contribution is 2.38. The standard InChI is InChI=1S/C36H46BrN5O6/c1-9-46-29-21(2)10-11-23-18-41(20-26(23)29)34(45)47-25-16-28(31-38-17-27(39-31)22-12-14-24(37)15-13-22)42(19-25)32(43)30(35(3,4)5)40-33(44)48-36(6,7)8/h10-15,17,25,28,30H,9,16,18-20H2,1-8H3,(H,38,39)(H,40,44)/t25-,28+,30-/m1/s1. The number of aryl methyl sites for hydroxylation is 1. The molecule has 0 radical (unpaired) electrons. The Balaban J connectivity index is 1.39. The maximum absolute atomic E-state index is 14.4. The minimum Gasteiger partial charge on any atom is -0.493 e. The van der Waals surface area contributed by atoms with Gasteiger partial charge in [-0.05, 0) is 68.9 Å². The summed E-state index contributed by atoms with van der Waals surface area (Å²) in [5.74, 6) is 1.06. The van der Waals surface area contributed by atoms with Crippen molar-refractivity contribution >= 4 is 34.0 Å². The molecule has 2 N–H and O–H groups in total. The molecule has 3 heterocycles. The molecule has 48 heavy (non-hydrogen) atoms. The van der Waals surface area contributed by atoms with Crippen LogP contribution in [0.15, 0.2) is 47.1 Å². The van der Waals surface area contributed by atoms with Gasteiger partial charge >= 0.3 is 12.2 Å². The first-order valence-corrected chi connectivity index (χ1v) is 17.1. The molecule has 2 aliphatic heterocycles. The molecule has 0 unspecified atom stereocenters. The molecule has 5 rings (SSSR count). The maximum atomic E-state index is 14.4. The minimum absolute atomic E-state index is 0.135. The summed E-state index contributed by atoms with van der Waals surface area (Å²) in [6.07, 6.45) is 0.323. The third-order valence-corrected chi connectivity index (χ3v) is 8.99. The maximum Gasteiger partial charge on any atom is 0.410 e. The Bertz CT molecular complexity index is 1660. The monoisotopic (exact) mass is 723 g/mol. The molecule has 12 heteroatoms. The molecule has 1 saturated heterocycles. The molecule has 2 aliphatic rings. The fourth-order valence-electron chi connectivity index (χ4n) is 6.16. The van der Waals surface area contributed by atoms with Gasteiger partial charge < -0.3 is 29.4 Å². The molecular weight excluding hydrogens is 678 g/mol. The fraction of sp³-hybridized carbons (Fsp3) is 0.500. The number of rotatable bonds is 7. The van der Waals surface area contributed by atoms with Crippen molar-refractivity contribution in [1.29, 1.82) is 0 Å². The van der Waals surface area contributed by atoms with E-state index in [0.717, 1.165) is 38.2 Å². The van der Waals surface area contributed by atoms with Crippen molar-refractivity contribution in [2.75, 3.05) is 13.2 Å². The summed E-state index contributed by atoms with van der Waals surface area (Å²) in [5.41, 5.74) is 3.38. The number of aromatic nitrogens is 2. The first-order valence-electron chi connectivity index (χ1n) is 16.3. The van der Waals surface area contributed by atoms with Crippen LogP contribution in [0.5, 0.6) is 5.75 Å². The number of fused-ring (bicyclic) bond motifs is 1. The van der Waals surface area contributed by atoms with Gasteiger partial charge in [0.05, 0.1) is 37.6 Å². The Morgan fingerprint density at radius 1 is 1.06 bits per heavy atom.